The average Bonchev–Trinajstić information content (AvgIpc) is 2.19. The van der Waals surface area contributed by atoms with Crippen LogP contribution in [0.5, 0.6) is 0 Å². The van der Waals surface area contributed by atoms with Crippen molar-refractivity contribution >= 4 is 11.9 Å². The van der Waals surface area contributed by atoms with Crippen molar-refractivity contribution < 1.29 is 0 Å². The minimum atomic E-state index is 0.250. The molecule has 0 aromatic carbocycles. The van der Waals surface area contributed by atoms with Crippen molar-refractivity contribution in [1.29, 1.82) is 0 Å². The lowest BCUT2D eigenvalue weighted by Gasteiger charge is -2.65. The van der Waals surface area contributed by atoms with Gasteiger partial charge in [0.15, 0.2) is 0 Å². The average molecular weight is 287 g/mol. The predicted molar refractivity (Wildman–Crippen MR) is 82.2 cm³/mol. The Kier molecular flexibility index (Phi) is 2.45. The quantitative estimate of drug-likeness (QED) is 0.872. The highest BCUT2D eigenvalue weighted by molar-refractivity contribution is 5.26. The number of nitrogen functional groups attached to an aromatic ring is 2. The van der Waals surface area contributed by atoms with Crippen molar-refractivity contribution in [3.05, 3.63) is 5.82 Å². The van der Waals surface area contributed by atoms with Crippen LogP contribution in [0.1, 0.15) is 58.2 Å². The molecule has 4 aliphatic rings. The fourth-order valence-electron chi connectivity index (χ4n) is 6.75. The summed E-state index contributed by atoms with van der Waals surface area (Å²) in [6.07, 6.45) is 9.04. The van der Waals surface area contributed by atoms with Crippen LogP contribution in [0, 0.1) is 22.2 Å². The minimum Gasteiger partial charge on any atom is -0.368 e. The third kappa shape index (κ3) is 2.17. The zero-order valence-electron chi connectivity index (χ0n) is 13.0. The van der Waals surface area contributed by atoms with Crippen molar-refractivity contribution in [2.45, 2.75) is 58.8 Å². The van der Waals surface area contributed by atoms with Crippen LogP contribution in [0.15, 0.2) is 0 Å². The summed E-state index contributed by atoms with van der Waals surface area (Å²) >= 11 is 0. The first-order chi connectivity index (χ1) is 9.77. The van der Waals surface area contributed by atoms with Gasteiger partial charge in [0.25, 0.3) is 0 Å². The van der Waals surface area contributed by atoms with Crippen LogP contribution >= 0.6 is 0 Å². The molecule has 0 saturated heterocycles. The van der Waals surface area contributed by atoms with Gasteiger partial charge in [0.1, 0.15) is 5.82 Å². The van der Waals surface area contributed by atoms with Gasteiger partial charge in [-0.2, -0.15) is 15.0 Å². The Labute approximate surface area is 125 Å². The van der Waals surface area contributed by atoms with Gasteiger partial charge in [-0.3, -0.25) is 0 Å². The molecule has 4 aliphatic carbocycles. The van der Waals surface area contributed by atoms with Gasteiger partial charge in [0.05, 0.1) is 0 Å². The van der Waals surface area contributed by atoms with Crippen LogP contribution in [0.4, 0.5) is 11.9 Å². The number of anilines is 2. The molecule has 2 unspecified atom stereocenters. The predicted octanol–water partition coefficient (Wildman–Crippen LogP) is 2.58. The Morgan fingerprint density at radius 3 is 2.00 bits per heavy atom. The van der Waals surface area contributed by atoms with Crippen molar-refractivity contribution in [2.75, 3.05) is 11.5 Å². The van der Waals surface area contributed by atoms with E-state index in [0.717, 1.165) is 18.2 Å². The van der Waals surface area contributed by atoms with Gasteiger partial charge in [0.2, 0.25) is 11.9 Å². The number of aromatic nitrogens is 3. The van der Waals surface area contributed by atoms with Gasteiger partial charge < -0.3 is 11.5 Å². The van der Waals surface area contributed by atoms with Gasteiger partial charge in [0, 0.05) is 6.42 Å². The van der Waals surface area contributed by atoms with Crippen LogP contribution in [-0.4, -0.2) is 15.0 Å². The molecular formula is C16H25N5. The van der Waals surface area contributed by atoms with Crippen LogP contribution in [0.2, 0.25) is 0 Å². The molecule has 4 saturated carbocycles. The maximum Gasteiger partial charge on any atom is 0.225 e. The van der Waals surface area contributed by atoms with Crippen LogP contribution < -0.4 is 11.5 Å². The summed E-state index contributed by atoms with van der Waals surface area (Å²) in [4.78, 5) is 12.6. The van der Waals surface area contributed by atoms with E-state index in [1.54, 1.807) is 0 Å². The van der Waals surface area contributed by atoms with Gasteiger partial charge in [-0.1, -0.05) is 13.8 Å². The summed E-state index contributed by atoms with van der Waals surface area (Å²) in [6, 6.07) is 0. The van der Waals surface area contributed by atoms with Gasteiger partial charge in [-0.25, -0.2) is 0 Å². The topological polar surface area (TPSA) is 90.7 Å². The molecule has 5 rings (SSSR count). The largest absolute Gasteiger partial charge is 0.368 e. The van der Waals surface area contributed by atoms with E-state index in [9.17, 15) is 0 Å². The standard InChI is InChI=1S/C16H25N5/c1-14-3-10-4-15(2,7-14)9-16(5-10,8-14)6-11-19-12(17)21-13(18)20-11/h10H,3-9H2,1-2H3,(H4,17,18,19,20,21). The van der Waals surface area contributed by atoms with E-state index in [-0.39, 0.29) is 11.9 Å². The molecule has 2 atom stereocenters. The normalized spacial score (nSPS) is 44.2. The van der Waals surface area contributed by atoms with E-state index in [1.165, 1.54) is 38.5 Å². The summed E-state index contributed by atoms with van der Waals surface area (Å²) in [7, 11) is 0. The minimum absolute atomic E-state index is 0.250. The number of nitrogens with two attached hydrogens (primary N) is 2. The summed E-state index contributed by atoms with van der Waals surface area (Å²) in [5.41, 5.74) is 12.8. The first kappa shape index (κ1) is 13.3. The Morgan fingerprint density at radius 1 is 0.905 bits per heavy atom. The molecule has 0 radical (unpaired) electrons. The van der Waals surface area contributed by atoms with Crippen molar-refractivity contribution in [2.24, 2.45) is 22.2 Å². The third-order valence-corrected chi connectivity index (χ3v) is 5.99. The molecule has 1 heterocycles. The molecule has 1 aromatic rings. The second-order valence-corrected chi connectivity index (χ2v) is 8.77. The molecule has 0 aliphatic heterocycles. The maximum atomic E-state index is 5.74. The molecule has 4 bridgehead atoms. The molecule has 0 spiro atoms. The Balaban J connectivity index is 1.68. The molecule has 4 N–H and O–H groups in total. The zero-order chi connectivity index (χ0) is 14.9. The highest BCUT2D eigenvalue weighted by Crippen LogP contribution is 2.70. The SMILES string of the molecule is CC12CC3CC(C)(C1)CC(Cc1nc(N)nc(N)n1)(C3)C2. The molecule has 21 heavy (non-hydrogen) atoms. The van der Waals surface area contributed by atoms with E-state index in [2.05, 4.69) is 28.8 Å². The zero-order valence-corrected chi connectivity index (χ0v) is 13.0. The third-order valence-electron chi connectivity index (χ3n) is 5.99. The molecule has 0 amide bonds. The van der Waals surface area contributed by atoms with E-state index >= 15 is 0 Å². The van der Waals surface area contributed by atoms with Gasteiger partial charge in [-0.15, -0.1) is 0 Å². The monoisotopic (exact) mass is 287 g/mol. The van der Waals surface area contributed by atoms with Crippen molar-refractivity contribution in [3.8, 4) is 0 Å². The maximum absolute atomic E-state index is 5.74. The van der Waals surface area contributed by atoms with Crippen molar-refractivity contribution in [3.63, 3.8) is 0 Å². The van der Waals surface area contributed by atoms with Crippen LogP contribution in [0.3, 0.4) is 0 Å². The van der Waals surface area contributed by atoms with Gasteiger partial charge in [-0.05, 0) is 60.7 Å². The second kappa shape index (κ2) is 3.87. The lowest BCUT2D eigenvalue weighted by molar-refractivity contribution is -0.144. The molecule has 114 valence electrons. The summed E-state index contributed by atoms with van der Waals surface area (Å²) in [5, 5.41) is 0. The molecule has 1 aromatic heterocycles. The summed E-state index contributed by atoms with van der Waals surface area (Å²) in [5.74, 6) is 2.17. The fourth-order valence-corrected chi connectivity index (χ4v) is 6.75. The van der Waals surface area contributed by atoms with E-state index in [0.29, 0.717) is 16.2 Å². The van der Waals surface area contributed by atoms with E-state index in [1.807, 2.05) is 0 Å². The highest BCUT2D eigenvalue weighted by atomic mass is 15.1. The first-order valence-electron chi connectivity index (χ1n) is 8.03. The number of nitrogens with zero attached hydrogens (tertiary/aromatic N) is 3. The van der Waals surface area contributed by atoms with Gasteiger partial charge >= 0.3 is 0 Å². The number of hydrogen-bond acceptors (Lipinski definition) is 5. The molecule has 5 nitrogen and oxygen atoms in total. The highest BCUT2D eigenvalue weighted by Gasteiger charge is 2.60. The summed E-state index contributed by atoms with van der Waals surface area (Å²) < 4.78 is 0. The van der Waals surface area contributed by atoms with E-state index < -0.39 is 0 Å². The molecule has 5 heteroatoms. The Bertz CT molecular complexity index is 560. The lowest BCUT2D eigenvalue weighted by Crippen LogP contribution is -2.55. The Hall–Kier alpha value is -1.39. The Morgan fingerprint density at radius 2 is 1.48 bits per heavy atom. The number of hydrogen-bond donors (Lipinski definition) is 2. The first-order valence-corrected chi connectivity index (χ1v) is 8.03. The molecular weight excluding hydrogens is 262 g/mol. The second-order valence-electron chi connectivity index (χ2n) is 8.77. The smallest absolute Gasteiger partial charge is 0.225 e. The van der Waals surface area contributed by atoms with E-state index in [4.69, 9.17) is 11.5 Å². The molecule has 4 fully saturated rings. The number of rotatable bonds is 2. The van der Waals surface area contributed by atoms with Crippen LogP contribution in [-0.2, 0) is 6.42 Å². The lowest BCUT2D eigenvalue weighted by atomic mass is 9.40. The van der Waals surface area contributed by atoms with Crippen molar-refractivity contribution in [1.82, 2.24) is 15.0 Å². The summed E-state index contributed by atoms with van der Waals surface area (Å²) in [6.45, 7) is 4.97. The fraction of sp³-hybridized carbons (Fsp3) is 0.812. The van der Waals surface area contributed by atoms with Crippen LogP contribution in [0.25, 0.3) is 0 Å².